The Morgan fingerprint density at radius 2 is 2.07 bits per heavy atom. The van der Waals surface area contributed by atoms with Crippen LogP contribution in [0, 0.1) is 13.8 Å². The quantitative estimate of drug-likeness (QED) is 0.673. The van der Waals surface area contributed by atoms with Crippen molar-refractivity contribution in [2.45, 2.75) is 13.8 Å². The highest BCUT2D eigenvalue weighted by Crippen LogP contribution is 2.17. The minimum atomic E-state index is 0.475. The minimum Gasteiger partial charge on any atom is -0.222 e. The number of hydrogen-bond acceptors (Lipinski definition) is 3. The van der Waals surface area contributed by atoms with Crippen molar-refractivity contribution in [3.05, 3.63) is 35.0 Å². The van der Waals surface area contributed by atoms with Crippen LogP contribution in [0.5, 0.6) is 0 Å². The van der Waals surface area contributed by atoms with Crippen LogP contribution in [0.15, 0.2) is 18.5 Å². The fourth-order valence-corrected chi connectivity index (χ4v) is 1.40. The van der Waals surface area contributed by atoms with Crippen LogP contribution in [0.3, 0.4) is 0 Å². The lowest BCUT2D eigenvalue weighted by molar-refractivity contribution is 0.817. The zero-order valence-electron chi connectivity index (χ0n) is 7.90. The van der Waals surface area contributed by atoms with Gasteiger partial charge in [0.05, 0.1) is 0 Å². The Morgan fingerprint density at radius 1 is 1.29 bits per heavy atom. The van der Waals surface area contributed by atoms with E-state index < -0.39 is 0 Å². The number of hydrogen-bond donors (Lipinski definition) is 0. The number of aromatic nitrogens is 4. The van der Waals surface area contributed by atoms with E-state index in [1.54, 1.807) is 17.8 Å². The summed E-state index contributed by atoms with van der Waals surface area (Å²) in [4.78, 5) is 8.34. The maximum Gasteiger partial charge on any atom is 0.161 e. The fourth-order valence-electron chi connectivity index (χ4n) is 1.20. The molecule has 0 atom stereocenters. The first kappa shape index (κ1) is 9.15. The molecule has 72 valence electrons. The molecule has 0 N–H and O–H groups in total. The van der Waals surface area contributed by atoms with Gasteiger partial charge in [-0.05, 0) is 19.9 Å². The smallest absolute Gasteiger partial charge is 0.161 e. The molecule has 0 radical (unpaired) electrons. The van der Waals surface area contributed by atoms with Crippen molar-refractivity contribution in [1.29, 1.82) is 0 Å². The molecular formula is C9H9ClN4. The molecule has 2 aromatic rings. The number of rotatable bonds is 1. The molecule has 0 unspecified atom stereocenters. The Kier molecular flexibility index (Phi) is 2.21. The summed E-state index contributed by atoms with van der Waals surface area (Å²) < 4.78 is 1.68. The first-order valence-corrected chi connectivity index (χ1v) is 4.57. The zero-order valence-corrected chi connectivity index (χ0v) is 8.65. The second kappa shape index (κ2) is 3.38. The average molecular weight is 209 g/mol. The molecular weight excluding hydrogens is 200 g/mol. The van der Waals surface area contributed by atoms with Crippen molar-refractivity contribution in [3.8, 4) is 5.82 Å². The van der Waals surface area contributed by atoms with Crippen molar-refractivity contribution >= 4 is 11.6 Å². The standard InChI is InChI=1S/C9H9ClN4/c1-6-8(10)12-7(2)13-9(6)14-5-3-4-11-14/h3-5H,1-2H3. The Bertz CT molecular complexity index is 450. The maximum atomic E-state index is 5.94. The summed E-state index contributed by atoms with van der Waals surface area (Å²) in [6.45, 7) is 3.68. The first-order valence-electron chi connectivity index (χ1n) is 4.19. The lowest BCUT2D eigenvalue weighted by atomic mass is 10.3. The molecule has 0 amide bonds. The van der Waals surface area contributed by atoms with Gasteiger partial charge in [0.1, 0.15) is 11.0 Å². The summed E-state index contributed by atoms with van der Waals surface area (Å²) >= 11 is 5.94. The molecule has 0 fully saturated rings. The lowest BCUT2D eigenvalue weighted by Gasteiger charge is -2.06. The Morgan fingerprint density at radius 3 is 2.71 bits per heavy atom. The predicted molar refractivity (Wildman–Crippen MR) is 53.6 cm³/mol. The van der Waals surface area contributed by atoms with E-state index in [-0.39, 0.29) is 0 Å². The molecule has 0 bridgehead atoms. The summed E-state index contributed by atoms with van der Waals surface area (Å²) in [7, 11) is 0. The number of halogens is 1. The third kappa shape index (κ3) is 1.48. The van der Waals surface area contributed by atoms with Crippen LogP contribution < -0.4 is 0 Å². The molecule has 2 aromatic heterocycles. The van der Waals surface area contributed by atoms with Crippen molar-refractivity contribution < 1.29 is 0 Å². The summed E-state index contributed by atoms with van der Waals surface area (Å²) in [6.07, 6.45) is 3.52. The molecule has 2 rings (SSSR count). The molecule has 0 aliphatic heterocycles. The molecule has 2 heterocycles. The van der Waals surface area contributed by atoms with Gasteiger partial charge in [-0.15, -0.1) is 0 Å². The van der Waals surface area contributed by atoms with Crippen LogP contribution in [0.2, 0.25) is 5.15 Å². The Labute approximate surface area is 86.6 Å². The number of aryl methyl sites for hydroxylation is 1. The van der Waals surface area contributed by atoms with E-state index >= 15 is 0 Å². The van der Waals surface area contributed by atoms with Gasteiger partial charge < -0.3 is 0 Å². The van der Waals surface area contributed by atoms with E-state index in [0.717, 1.165) is 11.4 Å². The van der Waals surface area contributed by atoms with Gasteiger partial charge in [0, 0.05) is 18.0 Å². The van der Waals surface area contributed by atoms with Gasteiger partial charge in [-0.3, -0.25) is 0 Å². The van der Waals surface area contributed by atoms with Gasteiger partial charge in [0.15, 0.2) is 5.82 Å². The van der Waals surface area contributed by atoms with E-state index in [9.17, 15) is 0 Å². The molecule has 0 aromatic carbocycles. The average Bonchev–Trinajstić information content (AvgIpc) is 2.63. The predicted octanol–water partition coefficient (Wildman–Crippen LogP) is 1.93. The maximum absolute atomic E-state index is 5.94. The largest absolute Gasteiger partial charge is 0.222 e. The van der Waals surface area contributed by atoms with Crippen LogP contribution in [-0.2, 0) is 0 Å². The second-order valence-corrected chi connectivity index (χ2v) is 3.32. The monoisotopic (exact) mass is 208 g/mol. The Hall–Kier alpha value is -1.42. The van der Waals surface area contributed by atoms with Gasteiger partial charge in [-0.2, -0.15) is 5.10 Å². The van der Waals surface area contributed by atoms with E-state index in [0.29, 0.717) is 11.0 Å². The highest BCUT2D eigenvalue weighted by Gasteiger charge is 2.08. The van der Waals surface area contributed by atoms with Crippen molar-refractivity contribution in [1.82, 2.24) is 19.7 Å². The molecule has 0 aliphatic carbocycles. The van der Waals surface area contributed by atoms with E-state index in [1.165, 1.54) is 0 Å². The van der Waals surface area contributed by atoms with Crippen molar-refractivity contribution in [2.24, 2.45) is 0 Å². The second-order valence-electron chi connectivity index (χ2n) is 2.96. The third-order valence-corrected chi connectivity index (χ3v) is 2.26. The molecule has 0 saturated carbocycles. The summed E-state index contributed by atoms with van der Waals surface area (Å²) in [5.74, 6) is 1.37. The fraction of sp³-hybridized carbons (Fsp3) is 0.222. The molecule has 4 nitrogen and oxygen atoms in total. The normalized spacial score (nSPS) is 10.5. The third-order valence-electron chi connectivity index (χ3n) is 1.89. The zero-order chi connectivity index (χ0) is 10.1. The van der Waals surface area contributed by atoms with Crippen LogP contribution in [0.25, 0.3) is 5.82 Å². The summed E-state index contributed by atoms with van der Waals surface area (Å²) in [6, 6.07) is 1.84. The minimum absolute atomic E-state index is 0.475. The molecule has 5 heteroatoms. The SMILES string of the molecule is Cc1nc(Cl)c(C)c(-n2cccn2)n1. The van der Waals surface area contributed by atoms with Crippen LogP contribution >= 0.6 is 11.6 Å². The van der Waals surface area contributed by atoms with Crippen LogP contribution in [-0.4, -0.2) is 19.7 Å². The molecule has 14 heavy (non-hydrogen) atoms. The van der Waals surface area contributed by atoms with Gasteiger partial charge in [-0.25, -0.2) is 14.6 Å². The summed E-state index contributed by atoms with van der Waals surface area (Å²) in [5, 5.41) is 4.57. The van der Waals surface area contributed by atoms with Crippen LogP contribution in [0.1, 0.15) is 11.4 Å². The van der Waals surface area contributed by atoms with Gasteiger partial charge >= 0.3 is 0 Å². The van der Waals surface area contributed by atoms with Crippen molar-refractivity contribution in [2.75, 3.05) is 0 Å². The highest BCUT2D eigenvalue weighted by atomic mass is 35.5. The van der Waals surface area contributed by atoms with Gasteiger partial charge in [0.2, 0.25) is 0 Å². The lowest BCUT2D eigenvalue weighted by Crippen LogP contribution is -2.04. The molecule has 0 spiro atoms. The van der Waals surface area contributed by atoms with E-state index in [1.807, 2.05) is 19.2 Å². The van der Waals surface area contributed by atoms with Crippen molar-refractivity contribution in [3.63, 3.8) is 0 Å². The van der Waals surface area contributed by atoms with Crippen LogP contribution in [0.4, 0.5) is 0 Å². The highest BCUT2D eigenvalue weighted by molar-refractivity contribution is 6.30. The van der Waals surface area contributed by atoms with Gasteiger partial charge in [0.25, 0.3) is 0 Å². The summed E-state index contributed by atoms with van der Waals surface area (Å²) in [5.41, 5.74) is 0.834. The van der Waals surface area contributed by atoms with E-state index in [4.69, 9.17) is 11.6 Å². The van der Waals surface area contributed by atoms with Gasteiger partial charge in [-0.1, -0.05) is 11.6 Å². The first-order chi connectivity index (χ1) is 6.68. The topological polar surface area (TPSA) is 43.6 Å². The Balaban J connectivity index is 2.64. The molecule has 0 aliphatic rings. The molecule has 0 saturated heterocycles. The van der Waals surface area contributed by atoms with E-state index in [2.05, 4.69) is 15.1 Å². The number of nitrogens with zero attached hydrogens (tertiary/aromatic N) is 4.